The van der Waals surface area contributed by atoms with Crippen LogP contribution in [0.3, 0.4) is 0 Å². The molecule has 7 nitrogen and oxygen atoms in total. The van der Waals surface area contributed by atoms with Gasteiger partial charge in [0.1, 0.15) is 11.6 Å². The third-order valence-electron chi connectivity index (χ3n) is 7.30. The number of nitrogens with one attached hydrogen (secondary N) is 1. The van der Waals surface area contributed by atoms with Crippen molar-refractivity contribution < 1.29 is 9.18 Å². The predicted octanol–water partition coefficient (Wildman–Crippen LogP) is 4.29. The van der Waals surface area contributed by atoms with Gasteiger partial charge in [-0.1, -0.05) is 6.42 Å². The molecule has 2 bridgehead atoms. The van der Waals surface area contributed by atoms with Gasteiger partial charge in [0.15, 0.2) is 5.82 Å². The van der Waals surface area contributed by atoms with Crippen LogP contribution in [0.15, 0.2) is 18.2 Å². The number of urea groups is 1. The molecule has 4 heterocycles. The van der Waals surface area contributed by atoms with Gasteiger partial charge in [-0.3, -0.25) is 4.90 Å². The number of nitrogens with zero attached hydrogens (tertiary/aromatic N) is 5. The normalized spacial score (nSPS) is 23.7. The van der Waals surface area contributed by atoms with Gasteiger partial charge in [0.2, 0.25) is 0 Å². The van der Waals surface area contributed by atoms with E-state index in [4.69, 9.17) is 0 Å². The van der Waals surface area contributed by atoms with E-state index in [1.165, 1.54) is 18.9 Å². The summed E-state index contributed by atoms with van der Waals surface area (Å²) in [6.45, 7) is 6.73. The Balaban J connectivity index is 1.34. The van der Waals surface area contributed by atoms with Crippen molar-refractivity contribution in [2.45, 2.75) is 83.5 Å². The highest BCUT2D eigenvalue weighted by Gasteiger charge is 2.39. The fraction of sp³-hybridized carbons (Fsp3) is 0.625. The van der Waals surface area contributed by atoms with Crippen molar-refractivity contribution in [2.75, 3.05) is 18.4 Å². The van der Waals surface area contributed by atoms with Gasteiger partial charge >= 0.3 is 6.03 Å². The zero-order chi connectivity index (χ0) is 22.2. The molecule has 1 N–H and O–H groups in total. The average Bonchev–Trinajstić information content (AvgIpc) is 3.19. The molecule has 32 heavy (non-hydrogen) atoms. The minimum absolute atomic E-state index is 0.202. The first-order valence-electron chi connectivity index (χ1n) is 12.1. The largest absolute Gasteiger partial charge is 0.323 e. The van der Waals surface area contributed by atoms with Crippen molar-refractivity contribution >= 4 is 11.7 Å². The fourth-order valence-corrected chi connectivity index (χ4v) is 5.79. The van der Waals surface area contributed by atoms with Crippen LogP contribution in [0.1, 0.15) is 58.2 Å². The van der Waals surface area contributed by atoms with Crippen LogP contribution in [0, 0.1) is 5.82 Å². The number of carbonyl (C=O) groups excluding carboxylic acids is 1. The molecular weight excluding hydrogens is 407 g/mol. The Morgan fingerprint density at radius 2 is 1.94 bits per heavy atom. The number of amides is 2. The number of anilines is 1. The molecule has 0 spiro atoms. The van der Waals surface area contributed by atoms with Crippen LogP contribution in [-0.4, -0.2) is 61.8 Å². The van der Waals surface area contributed by atoms with E-state index in [9.17, 15) is 9.18 Å². The SMILES string of the molecule is CC(C)N1C2CCC1CN(C(=O)Nc1cc(-c3nnc4n3CCCCC4)ccc1F)CC2. The third-order valence-corrected chi connectivity index (χ3v) is 7.30. The molecule has 2 fully saturated rings. The molecule has 1 aromatic carbocycles. The molecule has 2 saturated heterocycles. The fourth-order valence-electron chi connectivity index (χ4n) is 5.79. The van der Waals surface area contributed by atoms with Crippen LogP contribution >= 0.6 is 0 Å². The highest BCUT2D eigenvalue weighted by atomic mass is 19.1. The van der Waals surface area contributed by atoms with Gasteiger partial charge in [-0.25, -0.2) is 9.18 Å². The summed E-state index contributed by atoms with van der Waals surface area (Å²) in [6, 6.07) is 6.00. The maximum atomic E-state index is 14.7. The molecule has 8 heteroatoms. The summed E-state index contributed by atoms with van der Waals surface area (Å²) in [5, 5.41) is 11.6. The monoisotopic (exact) mass is 440 g/mol. The summed E-state index contributed by atoms with van der Waals surface area (Å²) in [7, 11) is 0. The van der Waals surface area contributed by atoms with Gasteiger partial charge in [-0.05, 0) is 64.2 Å². The molecular formula is C24H33FN6O. The summed E-state index contributed by atoms with van der Waals surface area (Å²) in [4.78, 5) is 17.5. The molecule has 2 unspecified atom stereocenters. The molecule has 3 aliphatic rings. The van der Waals surface area contributed by atoms with Crippen molar-refractivity contribution in [3.05, 3.63) is 29.8 Å². The van der Waals surface area contributed by atoms with Crippen LogP contribution < -0.4 is 5.32 Å². The lowest BCUT2D eigenvalue weighted by Crippen LogP contribution is -2.45. The average molecular weight is 441 g/mol. The lowest BCUT2D eigenvalue weighted by molar-refractivity contribution is 0.149. The lowest BCUT2D eigenvalue weighted by Gasteiger charge is -2.32. The zero-order valence-electron chi connectivity index (χ0n) is 19.1. The number of aromatic nitrogens is 3. The smallest absolute Gasteiger partial charge is 0.321 e. The molecule has 0 saturated carbocycles. The maximum absolute atomic E-state index is 14.7. The van der Waals surface area contributed by atoms with Crippen molar-refractivity contribution in [1.82, 2.24) is 24.6 Å². The first kappa shape index (κ1) is 21.4. The van der Waals surface area contributed by atoms with Gasteiger partial charge < -0.3 is 14.8 Å². The van der Waals surface area contributed by atoms with E-state index >= 15 is 0 Å². The summed E-state index contributed by atoms with van der Waals surface area (Å²) >= 11 is 0. The Labute approximate surface area is 189 Å². The Hall–Kier alpha value is -2.48. The first-order valence-corrected chi connectivity index (χ1v) is 12.1. The number of aryl methyl sites for hydroxylation is 1. The molecule has 2 amide bonds. The highest BCUT2D eigenvalue weighted by Crippen LogP contribution is 2.32. The van der Waals surface area contributed by atoms with Crippen LogP contribution in [0.5, 0.6) is 0 Å². The van der Waals surface area contributed by atoms with E-state index in [2.05, 4.69) is 38.8 Å². The summed E-state index contributed by atoms with van der Waals surface area (Å²) in [5.74, 6) is 1.30. The molecule has 2 aromatic rings. The number of likely N-dealkylation sites (tertiary alicyclic amines) is 1. The van der Waals surface area contributed by atoms with Crippen LogP contribution in [-0.2, 0) is 13.0 Å². The van der Waals surface area contributed by atoms with E-state index in [0.717, 1.165) is 55.9 Å². The van der Waals surface area contributed by atoms with Gasteiger partial charge in [-0.15, -0.1) is 10.2 Å². The second-order valence-corrected chi connectivity index (χ2v) is 9.69. The quantitative estimate of drug-likeness (QED) is 0.773. The number of hydrogen-bond acceptors (Lipinski definition) is 4. The molecule has 172 valence electrons. The van der Waals surface area contributed by atoms with Crippen LogP contribution in [0.4, 0.5) is 14.9 Å². The van der Waals surface area contributed by atoms with E-state index in [1.54, 1.807) is 12.1 Å². The van der Waals surface area contributed by atoms with Crippen molar-refractivity contribution in [2.24, 2.45) is 0 Å². The Bertz CT molecular complexity index is 989. The van der Waals surface area contributed by atoms with E-state index in [1.807, 2.05) is 4.90 Å². The second-order valence-electron chi connectivity index (χ2n) is 9.69. The van der Waals surface area contributed by atoms with Gasteiger partial charge in [0.05, 0.1) is 5.69 Å². The number of rotatable bonds is 3. The summed E-state index contributed by atoms with van der Waals surface area (Å²) in [6.07, 6.45) is 7.60. The Kier molecular flexibility index (Phi) is 5.88. The number of fused-ring (bicyclic) bond motifs is 3. The van der Waals surface area contributed by atoms with Crippen molar-refractivity contribution in [3.63, 3.8) is 0 Å². The van der Waals surface area contributed by atoms with Crippen LogP contribution in [0.2, 0.25) is 0 Å². The topological polar surface area (TPSA) is 66.3 Å². The van der Waals surface area contributed by atoms with Gasteiger partial charge in [-0.2, -0.15) is 0 Å². The van der Waals surface area contributed by atoms with Gasteiger partial charge in [0, 0.05) is 49.7 Å². The van der Waals surface area contributed by atoms with E-state index < -0.39 is 5.82 Å². The molecule has 2 atom stereocenters. The standard InChI is InChI=1S/C24H33FN6O/c1-16(2)31-18-8-9-19(31)15-29(13-11-18)24(32)26-21-14-17(7-10-20(21)25)23-28-27-22-6-4-3-5-12-30(22)23/h7,10,14,16,18-19H,3-6,8-9,11-13,15H2,1-2H3,(H,26,32). The zero-order valence-corrected chi connectivity index (χ0v) is 19.1. The minimum Gasteiger partial charge on any atom is -0.323 e. The molecule has 1 aromatic heterocycles. The maximum Gasteiger partial charge on any atom is 0.321 e. The first-order chi connectivity index (χ1) is 15.5. The second kappa shape index (κ2) is 8.81. The molecule has 5 rings (SSSR count). The van der Waals surface area contributed by atoms with Crippen molar-refractivity contribution in [1.29, 1.82) is 0 Å². The van der Waals surface area contributed by atoms with Crippen LogP contribution in [0.25, 0.3) is 11.4 Å². The summed E-state index contributed by atoms with van der Waals surface area (Å²) < 4.78 is 16.8. The number of halogens is 1. The molecule has 0 aliphatic carbocycles. The summed E-state index contributed by atoms with van der Waals surface area (Å²) in [5.41, 5.74) is 0.983. The lowest BCUT2D eigenvalue weighted by atomic mass is 10.1. The number of carbonyl (C=O) groups is 1. The number of hydrogen-bond donors (Lipinski definition) is 1. The van der Waals surface area contributed by atoms with Gasteiger partial charge in [0.25, 0.3) is 0 Å². The van der Waals surface area contributed by atoms with E-state index in [-0.39, 0.29) is 11.7 Å². The minimum atomic E-state index is -0.433. The Morgan fingerprint density at radius 3 is 2.78 bits per heavy atom. The van der Waals surface area contributed by atoms with E-state index in [0.29, 0.717) is 31.2 Å². The number of benzene rings is 1. The molecule has 3 aliphatic heterocycles. The van der Waals surface area contributed by atoms with Crippen molar-refractivity contribution in [3.8, 4) is 11.4 Å². The third kappa shape index (κ3) is 4.00. The highest BCUT2D eigenvalue weighted by molar-refractivity contribution is 5.90. The Morgan fingerprint density at radius 1 is 1.09 bits per heavy atom. The predicted molar refractivity (Wildman–Crippen MR) is 122 cm³/mol. The molecule has 0 radical (unpaired) electrons.